The maximum absolute atomic E-state index is 13.1. The van der Waals surface area contributed by atoms with E-state index in [2.05, 4.69) is 33.9 Å². The highest BCUT2D eigenvalue weighted by atomic mass is 32.1. The Balaban J connectivity index is 3.01. The van der Waals surface area contributed by atoms with Crippen LogP contribution in [0.1, 0.15) is 32.3 Å². The number of aliphatic carboxylic acids is 2. The van der Waals surface area contributed by atoms with E-state index in [1.54, 1.807) is 12.1 Å². The molecule has 1 aromatic carbocycles. The van der Waals surface area contributed by atoms with E-state index < -0.39 is 84.8 Å². The molecule has 14 nitrogen and oxygen atoms in total. The van der Waals surface area contributed by atoms with Crippen molar-refractivity contribution in [3.63, 3.8) is 0 Å². The first-order chi connectivity index (χ1) is 18.8. The molecule has 4 amide bonds. The number of benzene rings is 1. The van der Waals surface area contributed by atoms with Gasteiger partial charge in [0.05, 0.1) is 18.6 Å². The van der Waals surface area contributed by atoms with Gasteiger partial charge >= 0.3 is 11.9 Å². The van der Waals surface area contributed by atoms with Gasteiger partial charge < -0.3 is 41.7 Å². The molecule has 222 valence electrons. The van der Waals surface area contributed by atoms with E-state index in [0.29, 0.717) is 6.42 Å². The Kier molecular flexibility index (Phi) is 14.7. The van der Waals surface area contributed by atoms with Crippen LogP contribution >= 0.6 is 12.6 Å². The molecule has 0 spiro atoms. The van der Waals surface area contributed by atoms with E-state index >= 15 is 0 Å². The highest BCUT2D eigenvalue weighted by Gasteiger charge is 2.33. The maximum Gasteiger partial charge on any atom is 0.325 e. The second-order valence-corrected chi connectivity index (χ2v) is 9.47. The zero-order valence-electron chi connectivity index (χ0n) is 22.1. The molecule has 1 aromatic rings. The molecule has 40 heavy (non-hydrogen) atoms. The predicted octanol–water partition coefficient (Wildman–Crippen LogP) is -1.94. The van der Waals surface area contributed by atoms with Crippen LogP contribution in [0.5, 0.6) is 0 Å². The molecule has 0 saturated carbocycles. The van der Waals surface area contributed by atoms with Crippen molar-refractivity contribution >= 4 is 48.2 Å². The fourth-order valence-corrected chi connectivity index (χ4v) is 3.75. The van der Waals surface area contributed by atoms with Crippen LogP contribution in [-0.2, 0) is 35.2 Å². The molecule has 0 fully saturated rings. The molecule has 15 heteroatoms. The maximum atomic E-state index is 13.1. The van der Waals surface area contributed by atoms with E-state index in [1.165, 1.54) is 6.92 Å². The fraction of sp³-hybridized carbons (Fsp3) is 0.520. The molecular formula is C25H36N4O10S. The molecular weight excluding hydrogens is 548 g/mol. The Morgan fingerprint density at radius 1 is 0.825 bits per heavy atom. The molecule has 1 rings (SSSR count). The molecule has 0 aliphatic carbocycles. The molecule has 0 heterocycles. The zero-order valence-corrected chi connectivity index (χ0v) is 23.0. The van der Waals surface area contributed by atoms with Crippen molar-refractivity contribution in [3.8, 4) is 0 Å². The van der Waals surface area contributed by atoms with Crippen molar-refractivity contribution in [1.82, 2.24) is 21.3 Å². The molecule has 0 saturated heterocycles. The fourth-order valence-electron chi connectivity index (χ4n) is 3.46. The van der Waals surface area contributed by atoms with Crippen molar-refractivity contribution in [2.75, 3.05) is 12.4 Å². The molecule has 0 aromatic heterocycles. The topological polar surface area (TPSA) is 231 Å². The molecule has 0 bridgehead atoms. The van der Waals surface area contributed by atoms with Gasteiger partial charge in [0, 0.05) is 12.2 Å². The number of nitrogens with one attached hydrogen (secondary N) is 4. The molecule has 0 unspecified atom stereocenters. The summed E-state index contributed by atoms with van der Waals surface area (Å²) >= 11 is 4.22. The first-order valence-corrected chi connectivity index (χ1v) is 13.0. The summed E-state index contributed by atoms with van der Waals surface area (Å²) < 4.78 is 0. The Labute approximate surface area is 236 Å². The number of aliphatic hydroxyl groups is 2. The third-order valence-corrected chi connectivity index (χ3v) is 6.24. The Morgan fingerprint density at radius 2 is 1.40 bits per heavy atom. The molecule has 0 aliphatic heterocycles. The van der Waals surface area contributed by atoms with Crippen molar-refractivity contribution in [2.24, 2.45) is 5.92 Å². The van der Waals surface area contributed by atoms with Gasteiger partial charge in [-0.05, 0) is 32.3 Å². The minimum atomic E-state index is -1.68. The zero-order chi connectivity index (χ0) is 30.4. The summed E-state index contributed by atoms with van der Waals surface area (Å²) in [6.45, 7) is 1.40. The summed E-state index contributed by atoms with van der Waals surface area (Å²) in [6.07, 6.45) is -2.06. The van der Waals surface area contributed by atoms with Crippen LogP contribution in [-0.4, -0.2) is 98.6 Å². The van der Waals surface area contributed by atoms with Gasteiger partial charge in [0.15, 0.2) is 0 Å². The van der Waals surface area contributed by atoms with Crippen LogP contribution in [0, 0.1) is 5.92 Å². The van der Waals surface area contributed by atoms with Crippen LogP contribution in [0.25, 0.3) is 0 Å². The average molecular weight is 585 g/mol. The van der Waals surface area contributed by atoms with Crippen molar-refractivity contribution < 1.29 is 49.2 Å². The standard InChI is InChI=1S/C25H36N4O10S/c1-13(25(38)39)26-23(36)18(11-30)28-24(37)20(14(2)31)29-22(35)17(8-9-19(32)33)27-21(34)16(12-40)10-15-6-4-3-5-7-15/h3-7,13-14,16-18,20,30-31,40H,8-12H2,1-2H3,(H,26,36)(H,27,34)(H,28,37)(H,29,35)(H,32,33)(H,38,39)/t13-,14+,16+,17-,18-,20-/m1/s1. The van der Waals surface area contributed by atoms with E-state index in [0.717, 1.165) is 12.5 Å². The van der Waals surface area contributed by atoms with Crippen molar-refractivity contribution in [3.05, 3.63) is 35.9 Å². The minimum Gasteiger partial charge on any atom is -0.481 e. The highest BCUT2D eigenvalue weighted by molar-refractivity contribution is 7.80. The van der Waals surface area contributed by atoms with Crippen LogP contribution < -0.4 is 21.3 Å². The van der Waals surface area contributed by atoms with E-state index in [1.807, 2.05) is 18.2 Å². The lowest BCUT2D eigenvalue weighted by molar-refractivity contribution is -0.142. The number of amides is 4. The van der Waals surface area contributed by atoms with Gasteiger partial charge in [-0.1, -0.05) is 30.3 Å². The number of carbonyl (C=O) groups excluding carboxylic acids is 4. The summed E-state index contributed by atoms with van der Waals surface area (Å²) in [4.78, 5) is 73.2. The lowest BCUT2D eigenvalue weighted by Gasteiger charge is -2.27. The van der Waals surface area contributed by atoms with Gasteiger partial charge in [-0.25, -0.2) is 0 Å². The van der Waals surface area contributed by atoms with E-state index in [9.17, 15) is 39.0 Å². The van der Waals surface area contributed by atoms with E-state index in [-0.39, 0.29) is 12.2 Å². The number of carboxylic acids is 2. The SMILES string of the molecule is C[C@H](O)[C@@H](NC(=O)[C@@H](CCC(=O)O)NC(=O)[C@H](CS)Cc1ccccc1)C(=O)N[C@H](CO)C(=O)N[C@H](C)C(=O)O. The van der Waals surface area contributed by atoms with Gasteiger partial charge in [-0.2, -0.15) is 12.6 Å². The average Bonchev–Trinajstić information content (AvgIpc) is 2.90. The third-order valence-electron chi connectivity index (χ3n) is 5.80. The number of rotatable bonds is 17. The number of hydrogen-bond acceptors (Lipinski definition) is 9. The van der Waals surface area contributed by atoms with Gasteiger partial charge in [-0.15, -0.1) is 0 Å². The molecule has 0 aliphatic rings. The number of hydrogen-bond donors (Lipinski definition) is 9. The number of aliphatic hydroxyl groups excluding tert-OH is 2. The van der Waals surface area contributed by atoms with E-state index in [4.69, 9.17) is 10.2 Å². The highest BCUT2D eigenvalue weighted by Crippen LogP contribution is 2.12. The van der Waals surface area contributed by atoms with Crippen LogP contribution in [0.4, 0.5) is 0 Å². The smallest absolute Gasteiger partial charge is 0.325 e. The quantitative estimate of drug-likeness (QED) is 0.0919. The Morgan fingerprint density at radius 3 is 1.90 bits per heavy atom. The number of carboxylic acid groups (broad SMARTS) is 2. The normalized spacial score (nSPS) is 15.3. The Hall–Kier alpha value is -3.69. The van der Waals surface area contributed by atoms with Crippen molar-refractivity contribution in [2.45, 2.75) is 63.4 Å². The van der Waals surface area contributed by atoms with Crippen LogP contribution in [0.3, 0.4) is 0 Å². The summed E-state index contributed by atoms with van der Waals surface area (Å²) in [5.41, 5.74) is 0.842. The van der Waals surface area contributed by atoms with Gasteiger partial charge in [0.1, 0.15) is 24.2 Å². The van der Waals surface area contributed by atoms with Gasteiger partial charge in [-0.3, -0.25) is 28.8 Å². The lowest BCUT2D eigenvalue weighted by Crippen LogP contribution is -2.61. The van der Waals surface area contributed by atoms with Gasteiger partial charge in [0.25, 0.3) is 0 Å². The van der Waals surface area contributed by atoms with Crippen LogP contribution in [0.15, 0.2) is 30.3 Å². The van der Waals surface area contributed by atoms with Gasteiger partial charge in [0.2, 0.25) is 23.6 Å². The monoisotopic (exact) mass is 584 g/mol. The second-order valence-electron chi connectivity index (χ2n) is 9.10. The molecule has 6 atom stereocenters. The second kappa shape index (κ2) is 17.1. The summed E-state index contributed by atoms with van der Waals surface area (Å²) in [7, 11) is 0. The predicted molar refractivity (Wildman–Crippen MR) is 144 cm³/mol. The lowest BCUT2D eigenvalue weighted by atomic mass is 9.99. The van der Waals surface area contributed by atoms with Crippen molar-refractivity contribution in [1.29, 1.82) is 0 Å². The number of carbonyl (C=O) groups is 6. The molecule has 0 radical (unpaired) electrons. The van der Waals surface area contributed by atoms with Crippen LogP contribution in [0.2, 0.25) is 0 Å². The summed E-state index contributed by atoms with van der Waals surface area (Å²) in [5.74, 6) is -6.81. The first kappa shape index (κ1) is 34.3. The third kappa shape index (κ3) is 11.6. The largest absolute Gasteiger partial charge is 0.481 e. The minimum absolute atomic E-state index is 0.123. The number of thiol groups is 1. The Bertz CT molecular complexity index is 1040. The summed E-state index contributed by atoms with van der Waals surface area (Å²) in [6, 6.07) is 3.02. The molecule has 8 N–H and O–H groups in total. The first-order valence-electron chi connectivity index (χ1n) is 12.4. The summed E-state index contributed by atoms with van der Waals surface area (Å²) in [5, 5.41) is 46.6.